The highest BCUT2D eigenvalue weighted by atomic mass is 16.3. The molecule has 2 aromatic heterocycles. The van der Waals surface area contributed by atoms with Gasteiger partial charge in [0.1, 0.15) is 0 Å². The average Bonchev–Trinajstić information content (AvgIpc) is 3.50. The number of hydrogen-bond acceptors (Lipinski definition) is 3. The van der Waals surface area contributed by atoms with Crippen LogP contribution in [0.25, 0.3) is 16.8 Å². The molecule has 3 heteroatoms. The topological polar surface area (TPSA) is 29.3 Å². The van der Waals surface area contributed by atoms with Gasteiger partial charge >= 0.3 is 0 Å². The maximum atomic E-state index is 5.38. The molecule has 0 amide bonds. The van der Waals surface area contributed by atoms with Gasteiger partial charge in [0.15, 0.2) is 0 Å². The van der Waals surface area contributed by atoms with Crippen LogP contribution in [0.2, 0.25) is 0 Å². The molecule has 4 rings (SSSR count). The van der Waals surface area contributed by atoms with Crippen molar-refractivity contribution in [3.63, 3.8) is 0 Å². The first-order chi connectivity index (χ1) is 18.5. The highest BCUT2D eigenvalue weighted by molar-refractivity contribution is 5.67. The monoisotopic (exact) mass is 506 g/mol. The van der Waals surface area contributed by atoms with Gasteiger partial charge < -0.3 is 9.32 Å². The van der Waals surface area contributed by atoms with Gasteiger partial charge in [-0.25, -0.2) is 0 Å². The number of furan rings is 1. The van der Waals surface area contributed by atoms with Crippen molar-refractivity contribution >= 4 is 5.70 Å². The minimum atomic E-state index is 0.200. The number of aromatic nitrogens is 1. The molecule has 2 heterocycles. The van der Waals surface area contributed by atoms with E-state index >= 15 is 0 Å². The minimum absolute atomic E-state index is 0.200. The molecule has 0 bridgehead atoms. The molecule has 1 atom stereocenters. The fourth-order valence-corrected chi connectivity index (χ4v) is 4.98. The van der Waals surface area contributed by atoms with Gasteiger partial charge in [-0.15, -0.1) is 13.2 Å². The molecule has 4 aromatic rings. The summed E-state index contributed by atoms with van der Waals surface area (Å²) in [5.74, 6) is 0.349. The molecule has 0 aliphatic heterocycles. The second-order valence-corrected chi connectivity index (χ2v) is 9.82. The van der Waals surface area contributed by atoms with E-state index in [1.807, 2.05) is 6.07 Å². The normalized spacial score (nSPS) is 11.5. The van der Waals surface area contributed by atoms with E-state index in [1.54, 1.807) is 12.5 Å². The number of pyridine rings is 1. The first-order valence-corrected chi connectivity index (χ1v) is 13.6. The predicted molar refractivity (Wildman–Crippen MR) is 162 cm³/mol. The van der Waals surface area contributed by atoms with Gasteiger partial charge in [-0.2, -0.15) is 0 Å². The zero-order chi connectivity index (χ0) is 27.5. The lowest BCUT2D eigenvalue weighted by Crippen LogP contribution is -2.28. The molecule has 0 radical (unpaired) electrons. The van der Waals surface area contributed by atoms with Crippen molar-refractivity contribution in [1.29, 1.82) is 0 Å². The fraction of sp³-hybridized carbons (Fsp3) is 0.286. The van der Waals surface area contributed by atoms with Crippen molar-refractivity contribution in [2.24, 2.45) is 0 Å². The second kappa shape index (κ2) is 14.2. The van der Waals surface area contributed by atoms with E-state index in [-0.39, 0.29) is 6.04 Å². The van der Waals surface area contributed by atoms with Crippen molar-refractivity contribution in [3.05, 3.63) is 133 Å². The Kier molecular flexibility index (Phi) is 10.7. The smallest absolute Gasteiger partial charge is 0.0995 e. The Hall–Kier alpha value is -3.85. The molecule has 2 aromatic carbocycles. The Morgan fingerprint density at radius 2 is 1.63 bits per heavy atom. The van der Waals surface area contributed by atoms with Crippen LogP contribution in [0, 0.1) is 6.92 Å². The third-order valence-corrected chi connectivity index (χ3v) is 6.86. The third-order valence-electron chi connectivity index (χ3n) is 6.86. The van der Waals surface area contributed by atoms with Crippen LogP contribution in [-0.2, 0) is 6.42 Å². The maximum Gasteiger partial charge on any atom is 0.0995 e. The van der Waals surface area contributed by atoms with E-state index in [4.69, 9.17) is 9.40 Å². The average molecular weight is 507 g/mol. The zero-order valence-electron chi connectivity index (χ0n) is 23.5. The van der Waals surface area contributed by atoms with Gasteiger partial charge in [0.05, 0.1) is 24.3 Å². The lowest BCUT2D eigenvalue weighted by molar-refractivity contribution is 0.283. The molecule has 0 saturated carbocycles. The highest BCUT2D eigenvalue weighted by Crippen LogP contribution is 2.35. The van der Waals surface area contributed by atoms with Gasteiger partial charge in [0.25, 0.3) is 0 Å². The summed E-state index contributed by atoms with van der Waals surface area (Å²) in [5.41, 5.74) is 9.43. The fourth-order valence-electron chi connectivity index (χ4n) is 4.98. The molecule has 0 spiro atoms. The first kappa shape index (κ1) is 28.7. The summed E-state index contributed by atoms with van der Waals surface area (Å²) in [6.07, 6.45) is 6.41. The molecule has 3 nitrogen and oxygen atoms in total. The Morgan fingerprint density at radius 3 is 2.21 bits per heavy atom. The molecular formula is C35H42N2O. The highest BCUT2D eigenvalue weighted by Gasteiger charge is 2.23. The van der Waals surface area contributed by atoms with Crippen LogP contribution in [0.4, 0.5) is 0 Å². The van der Waals surface area contributed by atoms with E-state index < -0.39 is 0 Å². The lowest BCUT2D eigenvalue weighted by atomic mass is 9.93. The summed E-state index contributed by atoms with van der Waals surface area (Å²) in [7, 11) is 0. The summed E-state index contributed by atoms with van der Waals surface area (Å²) < 4.78 is 5.38. The van der Waals surface area contributed by atoms with Crippen LogP contribution >= 0.6 is 0 Å². The molecule has 38 heavy (non-hydrogen) atoms. The van der Waals surface area contributed by atoms with Crippen molar-refractivity contribution < 1.29 is 4.42 Å². The predicted octanol–water partition coefficient (Wildman–Crippen LogP) is 9.63. The molecule has 0 aliphatic carbocycles. The summed E-state index contributed by atoms with van der Waals surface area (Å²) >= 11 is 0. The molecule has 0 saturated heterocycles. The maximum absolute atomic E-state index is 5.38. The second-order valence-electron chi connectivity index (χ2n) is 9.82. The molecule has 0 aliphatic rings. The standard InChI is InChI=1S/C33H38N2O.C2H4/c1-6-20-35(26(5)29-19-21-36-23-29)32(28-15-11-8-12-16-28)18-17-31-25(4)22-30(33(34-31)24(2)3)27-13-9-7-10-14-27;1-2/h7-16,19,21-24,32H,5-6,17-18,20H2,1-4H3;1-2H2. The van der Waals surface area contributed by atoms with Crippen LogP contribution in [0.1, 0.15) is 73.7 Å². The van der Waals surface area contributed by atoms with Crippen LogP contribution in [0.15, 0.2) is 109 Å². The van der Waals surface area contributed by atoms with Gasteiger partial charge in [-0.1, -0.05) is 88.0 Å². The van der Waals surface area contributed by atoms with E-state index in [0.717, 1.165) is 37.1 Å². The molecular weight excluding hydrogens is 464 g/mol. The van der Waals surface area contributed by atoms with Crippen molar-refractivity contribution in [1.82, 2.24) is 9.88 Å². The van der Waals surface area contributed by atoms with Gasteiger partial charge in [-0.05, 0) is 60.9 Å². The quantitative estimate of drug-likeness (QED) is 0.190. The lowest BCUT2D eigenvalue weighted by Gasteiger charge is -2.35. The Bertz CT molecular complexity index is 1260. The van der Waals surface area contributed by atoms with E-state index in [2.05, 4.69) is 119 Å². The van der Waals surface area contributed by atoms with Crippen LogP contribution in [-0.4, -0.2) is 16.4 Å². The van der Waals surface area contributed by atoms with Crippen LogP contribution < -0.4 is 0 Å². The van der Waals surface area contributed by atoms with E-state index in [1.165, 1.54) is 33.6 Å². The number of rotatable bonds is 11. The first-order valence-electron chi connectivity index (χ1n) is 13.6. The largest absolute Gasteiger partial charge is 0.472 e. The number of hydrogen-bond donors (Lipinski definition) is 0. The SMILES string of the molecule is C=C.C=C(c1ccoc1)N(CCC)C(CCc1nc(C(C)C)c(-c2ccccc2)cc1C)c1ccccc1. The summed E-state index contributed by atoms with van der Waals surface area (Å²) in [6, 6.07) is 25.9. The number of benzene rings is 2. The number of nitrogens with zero attached hydrogens (tertiary/aromatic N) is 2. The van der Waals surface area contributed by atoms with Gasteiger partial charge in [0.2, 0.25) is 0 Å². The number of aryl methyl sites for hydroxylation is 2. The van der Waals surface area contributed by atoms with E-state index in [0.29, 0.717) is 5.92 Å². The summed E-state index contributed by atoms with van der Waals surface area (Å²) in [6.45, 7) is 20.3. The van der Waals surface area contributed by atoms with Gasteiger partial charge in [0, 0.05) is 29.1 Å². The Morgan fingerprint density at radius 1 is 0.974 bits per heavy atom. The third kappa shape index (κ3) is 6.92. The summed E-state index contributed by atoms with van der Waals surface area (Å²) in [4.78, 5) is 7.70. The Balaban J connectivity index is 0.00000195. The van der Waals surface area contributed by atoms with Crippen LogP contribution in [0.3, 0.4) is 0 Å². The van der Waals surface area contributed by atoms with Crippen molar-refractivity contribution in [3.8, 4) is 11.1 Å². The summed E-state index contributed by atoms with van der Waals surface area (Å²) in [5, 5.41) is 0. The van der Waals surface area contributed by atoms with E-state index in [9.17, 15) is 0 Å². The molecule has 198 valence electrons. The van der Waals surface area contributed by atoms with Gasteiger partial charge in [-0.3, -0.25) is 4.98 Å². The van der Waals surface area contributed by atoms with Crippen molar-refractivity contribution in [2.75, 3.05) is 6.54 Å². The molecule has 0 fully saturated rings. The molecule has 0 N–H and O–H groups in total. The van der Waals surface area contributed by atoms with Crippen molar-refractivity contribution in [2.45, 2.75) is 58.9 Å². The molecule has 1 unspecified atom stereocenters. The zero-order valence-corrected chi connectivity index (χ0v) is 23.5. The minimum Gasteiger partial charge on any atom is -0.472 e. The Labute approximate surface area is 229 Å². The van der Waals surface area contributed by atoms with Crippen LogP contribution in [0.5, 0.6) is 0 Å².